The molecular weight excluding hydrogens is 607 g/mol. The molecule has 10 aromatic rings. The van der Waals surface area contributed by atoms with E-state index in [2.05, 4.69) is 9.97 Å². The average molecular weight is 661 g/mol. The summed E-state index contributed by atoms with van der Waals surface area (Å²) in [5.41, 5.74) is -11.3. The van der Waals surface area contributed by atoms with Crippen molar-refractivity contribution in [3.8, 4) is 28.3 Å². The lowest BCUT2D eigenvalue weighted by Crippen LogP contribution is -2.26. The Balaban J connectivity index is 1.38. The minimum absolute atomic E-state index is 0.120. The summed E-state index contributed by atoms with van der Waals surface area (Å²) in [7, 11) is 0. The predicted molar refractivity (Wildman–Crippen MR) is 200 cm³/mol. The molecule has 0 unspecified atom stereocenters. The van der Waals surface area contributed by atoms with Gasteiger partial charge in [0.25, 0.3) is 0 Å². The molecule has 0 fully saturated rings. The normalized spacial score (nSPS) is 22.3. The number of nitrogens with zero attached hydrogens (tertiary/aromatic N) is 3. The molecule has 0 saturated carbocycles. The number of furan rings is 1. The van der Waals surface area contributed by atoms with Crippen LogP contribution in [0.3, 0.4) is 0 Å². The summed E-state index contributed by atoms with van der Waals surface area (Å²) in [6.45, 7) is -7.84. The van der Waals surface area contributed by atoms with Crippen LogP contribution in [-0.4, -0.2) is 14.5 Å². The number of aromatic nitrogens is 3. The highest BCUT2D eigenvalue weighted by Crippen LogP contribution is 2.51. The molecule has 5 heteroatoms. The molecule has 4 nitrogen and oxygen atoms in total. The third-order valence-electron chi connectivity index (χ3n) is 8.34. The topological polar surface area (TPSA) is 43.9 Å². The van der Waals surface area contributed by atoms with Gasteiger partial charge in [0, 0.05) is 61.8 Å². The smallest absolute Gasteiger partial charge is 0.160 e. The van der Waals surface area contributed by atoms with E-state index in [1.165, 1.54) is 0 Å². The van der Waals surface area contributed by atoms with E-state index in [1.54, 1.807) is 0 Å². The summed E-state index contributed by atoms with van der Waals surface area (Å²) in [6.07, 6.45) is 0. The standard InChI is InChI=1S/C43H27N3OS/c1-43(2)31-17-10-15-29-37-28-13-5-8-20-36(28)48-42(37)46(39(29)31)34-22-21-24(23-32(34)43)41-44-33-18-6-3-12-27(33)38(45-41)30-16-9-14-26-25-11-4-7-19-35(25)47-40(26)30/h3-23H,1-2H3/i1D3,2D3,3D,4D,5D,6D,7D,8D,9D,10D,11D,12D,13D,14D,15D,16D,17D,18D,19D,20D,21D,22D,23D. The second-order valence-corrected chi connectivity index (χ2v) is 11.9. The fraction of sp³-hybridized carbons (Fsp3) is 0.0698. The minimum Gasteiger partial charge on any atom is -0.455 e. The third kappa shape index (κ3) is 3.33. The third-order valence-corrected chi connectivity index (χ3v) is 9.43. The van der Waals surface area contributed by atoms with Crippen molar-refractivity contribution < 1.29 is 41.4 Å². The Bertz CT molecular complexity index is 4400. The van der Waals surface area contributed by atoms with E-state index in [-0.39, 0.29) is 20.3 Å². The fourth-order valence-corrected chi connectivity index (χ4v) is 7.44. The van der Waals surface area contributed by atoms with E-state index < -0.39 is 229 Å². The largest absolute Gasteiger partial charge is 0.455 e. The molecule has 1 aliphatic rings. The van der Waals surface area contributed by atoms with Gasteiger partial charge >= 0.3 is 0 Å². The van der Waals surface area contributed by atoms with Gasteiger partial charge < -0.3 is 8.98 Å². The van der Waals surface area contributed by atoms with Crippen molar-refractivity contribution in [2.45, 2.75) is 19.1 Å². The summed E-state index contributed by atoms with van der Waals surface area (Å²) in [5, 5.41) is -2.36. The van der Waals surface area contributed by atoms with E-state index in [4.69, 9.17) is 33.2 Å². The van der Waals surface area contributed by atoms with Crippen LogP contribution in [0.25, 0.3) is 92.4 Å². The number of benzene rings is 6. The first-order chi connectivity index (χ1) is 34.8. The molecule has 11 rings (SSSR count). The molecule has 226 valence electrons. The summed E-state index contributed by atoms with van der Waals surface area (Å²) in [6, 6.07) is -18.1. The lowest BCUT2D eigenvalue weighted by atomic mass is 9.74. The Morgan fingerprint density at radius 1 is 0.708 bits per heavy atom. The Hall–Kier alpha value is -5.78. The summed E-state index contributed by atoms with van der Waals surface area (Å²) < 4.78 is 250. The average Bonchev–Trinajstić information content (AvgIpc) is 4.22. The molecular formula is C43H27N3OS. The van der Waals surface area contributed by atoms with Crippen molar-refractivity contribution in [2.75, 3.05) is 0 Å². The first-order valence-electron chi connectivity index (χ1n) is 27.6. The van der Waals surface area contributed by atoms with Crippen LogP contribution < -0.4 is 0 Å². The number of rotatable bonds is 2. The molecule has 0 N–H and O–H groups in total. The van der Waals surface area contributed by atoms with Crippen LogP contribution >= 0.6 is 11.3 Å². The van der Waals surface area contributed by atoms with Crippen molar-refractivity contribution >= 4 is 75.4 Å². The van der Waals surface area contributed by atoms with Gasteiger partial charge in [-0.05, 0) is 53.4 Å². The zero-order chi connectivity index (χ0) is 55.0. The van der Waals surface area contributed by atoms with Crippen LogP contribution in [0.4, 0.5) is 0 Å². The molecule has 0 saturated heterocycles. The van der Waals surface area contributed by atoms with Crippen LogP contribution in [0, 0.1) is 0 Å². The van der Waals surface area contributed by atoms with E-state index in [9.17, 15) is 8.22 Å². The van der Waals surface area contributed by atoms with Gasteiger partial charge in [0.2, 0.25) is 0 Å². The Morgan fingerprint density at radius 2 is 1.48 bits per heavy atom. The number of thiophene rings is 1. The second-order valence-electron chi connectivity index (χ2n) is 10.9. The molecule has 0 spiro atoms. The molecule has 0 amide bonds. The van der Waals surface area contributed by atoms with Crippen molar-refractivity contribution in [1.82, 2.24) is 14.5 Å². The first-order valence-corrected chi connectivity index (χ1v) is 14.9. The highest BCUT2D eigenvalue weighted by molar-refractivity contribution is 7.25. The molecule has 0 atom stereocenters. The zero-order valence-electron chi connectivity index (χ0n) is 50.7. The Morgan fingerprint density at radius 3 is 2.40 bits per heavy atom. The molecule has 0 radical (unpaired) electrons. The van der Waals surface area contributed by atoms with Gasteiger partial charge in [0.1, 0.15) is 16.0 Å². The molecule has 0 aliphatic carbocycles. The minimum atomic E-state index is -3.92. The summed E-state index contributed by atoms with van der Waals surface area (Å²) >= 11 is 0.644. The molecule has 5 heterocycles. The maximum absolute atomic E-state index is 10.1. The number of hydrogen-bond donors (Lipinski definition) is 0. The van der Waals surface area contributed by atoms with Gasteiger partial charge in [-0.25, -0.2) is 9.97 Å². The fourth-order valence-electron chi connectivity index (χ4n) is 6.31. The molecule has 6 aromatic carbocycles. The Kier molecular flexibility index (Phi) is 2.19. The van der Waals surface area contributed by atoms with Crippen LogP contribution in [0.2, 0.25) is 0 Å². The highest BCUT2D eigenvalue weighted by atomic mass is 32.1. The van der Waals surface area contributed by atoms with E-state index in [0.29, 0.717) is 11.3 Å². The lowest BCUT2D eigenvalue weighted by molar-refractivity contribution is 0.630. The Labute approximate surface area is 317 Å². The molecule has 0 bridgehead atoms. The van der Waals surface area contributed by atoms with Crippen LogP contribution in [0.15, 0.2) is 131 Å². The van der Waals surface area contributed by atoms with Crippen LogP contribution in [0.1, 0.15) is 61.8 Å². The van der Waals surface area contributed by atoms with Gasteiger partial charge in [-0.3, -0.25) is 0 Å². The van der Waals surface area contributed by atoms with Gasteiger partial charge in [-0.1, -0.05) is 98.3 Å². The quantitative estimate of drug-likeness (QED) is 0.185. The monoisotopic (exact) mass is 660 g/mol. The van der Waals surface area contributed by atoms with Crippen molar-refractivity contribution in [3.05, 3.63) is 138 Å². The SMILES string of the molecule is [2H]c1c([2H])c2c(c([2H])c1-c1nc(-c3c([2H])c([2H])c([2H])c4c3oc3c([2H])c([2H])c([2H])c([2H])c34)c3c([2H])c([2H])c([2H])c([2H])c3n1)C(C([2H])([2H])[2H])(C([2H])([2H])[2H])c1c([2H])c([2H])c([2H])c3c4c5c([2H])c([2H])c([2H])c([2H])c5sc4n-2c13. The second kappa shape index (κ2) is 9.18. The maximum atomic E-state index is 10.1. The van der Waals surface area contributed by atoms with Gasteiger partial charge in [0.05, 0.1) is 51.2 Å². The molecule has 48 heavy (non-hydrogen) atoms. The van der Waals surface area contributed by atoms with E-state index >= 15 is 0 Å². The highest BCUT2D eigenvalue weighted by Gasteiger charge is 2.36. The van der Waals surface area contributed by atoms with Crippen LogP contribution in [0.5, 0.6) is 0 Å². The number of para-hydroxylation sites is 4. The lowest BCUT2D eigenvalue weighted by Gasteiger charge is -2.35. The summed E-state index contributed by atoms with van der Waals surface area (Å²) in [4.78, 5) is 8.72. The zero-order valence-corrected chi connectivity index (χ0v) is 24.5. The molecule has 1 aliphatic heterocycles. The van der Waals surface area contributed by atoms with E-state index in [1.807, 2.05) is 0 Å². The number of hydrogen-bond acceptors (Lipinski definition) is 4. The predicted octanol–water partition coefficient (Wildman–Crippen LogP) is 11.8. The first kappa shape index (κ1) is 11.4. The van der Waals surface area contributed by atoms with Crippen molar-refractivity contribution in [2.24, 2.45) is 0 Å². The van der Waals surface area contributed by atoms with E-state index in [0.717, 1.165) is 4.57 Å². The van der Waals surface area contributed by atoms with Gasteiger partial charge in [-0.15, -0.1) is 11.3 Å². The summed E-state index contributed by atoms with van der Waals surface area (Å²) in [5.74, 6) is -0.957. The van der Waals surface area contributed by atoms with Gasteiger partial charge in [0.15, 0.2) is 5.82 Å². The van der Waals surface area contributed by atoms with Gasteiger partial charge in [-0.2, -0.15) is 0 Å². The number of fused-ring (bicyclic) bond motifs is 11. The van der Waals surface area contributed by atoms with Crippen molar-refractivity contribution in [3.63, 3.8) is 0 Å². The van der Waals surface area contributed by atoms with Crippen LogP contribution in [-0.2, 0) is 5.41 Å². The maximum Gasteiger partial charge on any atom is 0.160 e. The molecule has 4 aromatic heterocycles. The van der Waals surface area contributed by atoms with Crippen molar-refractivity contribution in [1.29, 1.82) is 0 Å².